The Morgan fingerprint density at radius 2 is 2.21 bits per heavy atom. The summed E-state index contributed by atoms with van der Waals surface area (Å²) in [6.45, 7) is 2.30. The topological polar surface area (TPSA) is 15.3 Å². The van der Waals surface area contributed by atoms with Crippen molar-refractivity contribution in [1.29, 1.82) is 0 Å². The van der Waals surface area contributed by atoms with Crippen LogP contribution in [0.15, 0.2) is 17.5 Å². The Bertz CT molecular complexity index is 374. The Morgan fingerprint density at radius 1 is 1.47 bits per heavy atom. The number of nitrogens with zero attached hydrogens (tertiary/aromatic N) is 1. The van der Waals surface area contributed by atoms with E-state index in [1.165, 1.54) is 4.88 Å². The molecule has 1 heterocycles. The largest absolute Gasteiger partial charge is 0.401 e. The molecule has 1 aliphatic rings. The van der Waals surface area contributed by atoms with Gasteiger partial charge in [0.05, 0.1) is 6.54 Å². The first kappa shape index (κ1) is 14.8. The molecule has 1 atom stereocenters. The van der Waals surface area contributed by atoms with Gasteiger partial charge in [-0.1, -0.05) is 6.07 Å². The molecule has 108 valence electrons. The minimum Gasteiger partial charge on any atom is -0.308 e. The number of rotatable bonds is 7. The van der Waals surface area contributed by atoms with E-state index in [0.29, 0.717) is 13.1 Å². The molecule has 0 aliphatic heterocycles. The van der Waals surface area contributed by atoms with Crippen LogP contribution in [-0.4, -0.2) is 36.8 Å². The van der Waals surface area contributed by atoms with Gasteiger partial charge in [-0.15, -0.1) is 11.3 Å². The Balaban J connectivity index is 1.73. The molecular weight excluding hydrogens is 273 g/mol. The second-order valence-corrected chi connectivity index (χ2v) is 5.99. The SMILES string of the molecule is CC(NCCN(CC(F)(F)F)C1CC1)c1cccs1. The Kier molecular flexibility index (Phi) is 4.86. The van der Waals surface area contributed by atoms with E-state index in [0.717, 1.165) is 12.8 Å². The number of thiophene rings is 1. The van der Waals surface area contributed by atoms with Gasteiger partial charge in [0.15, 0.2) is 0 Å². The number of nitrogens with one attached hydrogen (secondary N) is 1. The molecule has 1 N–H and O–H groups in total. The lowest BCUT2D eigenvalue weighted by Crippen LogP contribution is -2.40. The smallest absolute Gasteiger partial charge is 0.308 e. The molecule has 6 heteroatoms. The zero-order valence-electron chi connectivity index (χ0n) is 10.9. The molecule has 0 amide bonds. The van der Waals surface area contributed by atoms with E-state index in [2.05, 4.69) is 5.32 Å². The van der Waals surface area contributed by atoms with Crippen molar-refractivity contribution in [3.05, 3.63) is 22.4 Å². The lowest BCUT2D eigenvalue weighted by molar-refractivity contribution is -0.147. The lowest BCUT2D eigenvalue weighted by Gasteiger charge is -2.24. The van der Waals surface area contributed by atoms with E-state index in [-0.39, 0.29) is 12.1 Å². The number of hydrogen-bond donors (Lipinski definition) is 1. The molecule has 0 aromatic carbocycles. The first-order chi connectivity index (χ1) is 8.96. The van der Waals surface area contributed by atoms with Crippen LogP contribution in [0.1, 0.15) is 30.7 Å². The van der Waals surface area contributed by atoms with E-state index < -0.39 is 12.7 Å². The highest BCUT2D eigenvalue weighted by Crippen LogP contribution is 2.29. The maximum absolute atomic E-state index is 12.4. The van der Waals surface area contributed by atoms with Crippen molar-refractivity contribution in [3.8, 4) is 0 Å². The maximum Gasteiger partial charge on any atom is 0.401 e. The fourth-order valence-electron chi connectivity index (χ4n) is 2.12. The third-order valence-corrected chi connectivity index (χ3v) is 4.32. The van der Waals surface area contributed by atoms with Crippen LogP contribution in [0.2, 0.25) is 0 Å². The molecule has 0 spiro atoms. The van der Waals surface area contributed by atoms with Crippen molar-refractivity contribution in [2.24, 2.45) is 0 Å². The fraction of sp³-hybridized carbons (Fsp3) is 0.692. The summed E-state index contributed by atoms with van der Waals surface area (Å²) in [5.74, 6) is 0. The zero-order chi connectivity index (χ0) is 13.9. The van der Waals surface area contributed by atoms with E-state index >= 15 is 0 Å². The number of alkyl halides is 3. The standard InChI is InChI=1S/C13H19F3N2S/c1-10(12-3-2-8-19-12)17-6-7-18(11-4-5-11)9-13(14,15)16/h2-3,8,10-11,17H,4-7,9H2,1H3. The van der Waals surface area contributed by atoms with Gasteiger partial charge in [-0.3, -0.25) is 4.90 Å². The second kappa shape index (κ2) is 6.24. The Labute approximate surface area is 115 Å². The monoisotopic (exact) mass is 292 g/mol. The highest BCUT2D eigenvalue weighted by atomic mass is 32.1. The highest BCUT2D eigenvalue weighted by Gasteiger charge is 2.37. The van der Waals surface area contributed by atoms with Gasteiger partial charge in [0, 0.05) is 30.1 Å². The summed E-state index contributed by atoms with van der Waals surface area (Å²) < 4.78 is 37.3. The molecule has 2 rings (SSSR count). The summed E-state index contributed by atoms with van der Waals surface area (Å²) in [5, 5.41) is 5.29. The molecule has 1 unspecified atom stereocenters. The summed E-state index contributed by atoms with van der Waals surface area (Å²) in [5.41, 5.74) is 0. The van der Waals surface area contributed by atoms with Crippen LogP contribution in [0.3, 0.4) is 0 Å². The van der Waals surface area contributed by atoms with Gasteiger partial charge in [-0.05, 0) is 31.2 Å². The predicted octanol–water partition coefficient (Wildman–Crippen LogP) is 3.43. The Hall–Kier alpha value is -0.590. The molecule has 1 fully saturated rings. The average Bonchev–Trinajstić information content (AvgIpc) is 3.01. The molecule has 0 saturated heterocycles. The van der Waals surface area contributed by atoms with E-state index in [1.807, 2.05) is 24.4 Å². The molecule has 2 nitrogen and oxygen atoms in total. The molecule has 1 saturated carbocycles. The fourth-order valence-corrected chi connectivity index (χ4v) is 2.88. The average molecular weight is 292 g/mol. The van der Waals surface area contributed by atoms with E-state index in [1.54, 1.807) is 16.2 Å². The van der Waals surface area contributed by atoms with Gasteiger partial charge < -0.3 is 5.32 Å². The third kappa shape index (κ3) is 5.12. The molecule has 19 heavy (non-hydrogen) atoms. The van der Waals surface area contributed by atoms with Crippen LogP contribution < -0.4 is 5.32 Å². The summed E-state index contributed by atoms with van der Waals surface area (Å²) in [4.78, 5) is 2.77. The van der Waals surface area contributed by atoms with Crippen LogP contribution in [0, 0.1) is 0 Å². The van der Waals surface area contributed by atoms with Crippen LogP contribution >= 0.6 is 11.3 Å². The first-order valence-electron chi connectivity index (χ1n) is 6.53. The molecule has 0 bridgehead atoms. The van der Waals surface area contributed by atoms with Gasteiger partial charge in [-0.25, -0.2) is 0 Å². The molecule has 1 aromatic heterocycles. The lowest BCUT2D eigenvalue weighted by atomic mass is 10.3. The van der Waals surface area contributed by atoms with Gasteiger partial charge in [-0.2, -0.15) is 13.2 Å². The van der Waals surface area contributed by atoms with E-state index in [4.69, 9.17) is 0 Å². The number of hydrogen-bond acceptors (Lipinski definition) is 3. The summed E-state index contributed by atoms with van der Waals surface area (Å²) in [6.07, 6.45) is -2.30. The minimum absolute atomic E-state index is 0.139. The molecule has 1 aliphatic carbocycles. The van der Waals surface area contributed by atoms with E-state index in [9.17, 15) is 13.2 Å². The quantitative estimate of drug-likeness (QED) is 0.828. The maximum atomic E-state index is 12.4. The minimum atomic E-state index is -4.10. The van der Waals surface area contributed by atoms with Crippen LogP contribution in [0.5, 0.6) is 0 Å². The summed E-state index contributed by atoms with van der Waals surface area (Å²) in [7, 11) is 0. The van der Waals surface area contributed by atoms with Crippen LogP contribution in [0.4, 0.5) is 13.2 Å². The van der Waals surface area contributed by atoms with Crippen molar-refractivity contribution >= 4 is 11.3 Å². The van der Waals surface area contributed by atoms with Crippen LogP contribution in [-0.2, 0) is 0 Å². The Morgan fingerprint density at radius 3 is 2.74 bits per heavy atom. The second-order valence-electron chi connectivity index (χ2n) is 5.01. The van der Waals surface area contributed by atoms with Crippen molar-refractivity contribution in [3.63, 3.8) is 0 Å². The zero-order valence-corrected chi connectivity index (χ0v) is 11.7. The first-order valence-corrected chi connectivity index (χ1v) is 7.41. The molecule has 0 radical (unpaired) electrons. The van der Waals surface area contributed by atoms with Gasteiger partial charge in [0.2, 0.25) is 0 Å². The summed E-state index contributed by atoms with van der Waals surface area (Å²) in [6, 6.07) is 4.36. The van der Waals surface area contributed by atoms with Gasteiger partial charge in [0.1, 0.15) is 0 Å². The normalized spacial score (nSPS) is 17.9. The van der Waals surface area contributed by atoms with Crippen molar-refractivity contribution in [1.82, 2.24) is 10.2 Å². The van der Waals surface area contributed by atoms with Gasteiger partial charge >= 0.3 is 6.18 Å². The predicted molar refractivity (Wildman–Crippen MR) is 71.4 cm³/mol. The number of halogens is 3. The van der Waals surface area contributed by atoms with Crippen molar-refractivity contribution < 1.29 is 13.2 Å². The van der Waals surface area contributed by atoms with Crippen molar-refractivity contribution in [2.75, 3.05) is 19.6 Å². The van der Waals surface area contributed by atoms with Crippen LogP contribution in [0.25, 0.3) is 0 Å². The molecular formula is C13H19F3N2S. The highest BCUT2D eigenvalue weighted by molar-refractivity contribution is 7.10. The summed E-state index contributed by atoms with van der Waals surface area (Å²) >= 11 is 1.66. The third-order valence-electron chi connectivity index (χ3n) is 3.27. The molecule has 1 aromatic rings. The van der Waals surface area contributed by atoms with Gasteiger partial charge in [0.25, 0.3) is 0 Å². The van der Waals surface area contributed by atoms with Crippen molar-refractivity contribution in [2.45, 2.75) is 38.0 Å².